The van der Waals surface area contributed by atoms with E-state index in [2.05, 4.69) is 49.1 Å². The molecule has 1 aromatic heterocycles. The van der Waals surface area contributed by atoms with Crippen LogP contribution in [0.3, 0.4) is 0 Å². The zero-order valence-electron chi connectivity index (χ0n) is 12.2. The fourth-order valence-electron chi connectivity index (χ4n) is 2.04. The molecule has 21 heavy (non-hydrogen) atoms. The predicted molar refractivity (Wildman–Crippen MR) is 93.0 cm³/mol. The molecule has 4 nitrogen and oxygen atoms in total. The Hall–Kier alpha value is -1.14. The summed E-state index contributed by atoms with van der Waals surface area (Å²) >= 11 is 7.06. The van der Waals surface area contributed by atoms with Crippen LogP contribution in [0.15, 0.2) is 27.1 Å². The Bertz CT molecular complexity index is 647. The number of hydrogen-bond donors (Lipinski definition) is 1. The summed E-state index contributed by atoms with van der Waals surface area (Å²) < 4.78 is 7.31. The summed E-state index contributed by atoms with van der Waals surface area (Å²) in [6.45, 7) is 2.13. The molecule has 1 N–H and O–H groups in total. The molecule has 0 bridgehead atoms. The van der Waals surface area contributed by atoms with Crippen LogP contribution in [0.25, 0.3) is 11.4 Å². The number of ether oxygens (including phenoxy) is 1. The van der Waals surface area contributed by atoms with E-state index in [1.165, 1.54) is 0 Å². The Morgan fingerprint density at radius 3 is 2.62 bits per heavy atom. The highest BCUT2D eigenvalue weighted by molar-refractivity contribution is 9.11. The minimum atomic E-state index is 0.657. The maximum absolute atomic E-state index is 5.43. The van der Waals surface area contributed by atoms with Crippen LogP contribution in [0, 0.1) is 0 Å². The molecular weight excluding hydrogens is 398 g/mol. The van der Waals surface area contributed by atoms with Crippen LogP contribution in [-0.4, -0.2) is 24.1 Å². The van der Waals surface area contributed by atoms with Gasteiger partial charge < -0.3 is 10.1 Å². The van der Waals surface area contributed by atoms with Gasteiger partial charge in [-0.05, 0) is 40.5 Å². The van der Waals surface area contributed by atoms with Gasteiger partial charge in [-0.2, -0.15) is 0 Å². The molecule has 0 amide bonds. The minimum Gasteiger partial charge on any atom is -0.496 e. The standard InChI is InChI=1S/C15H17Br2N3O/c1-4-5-11-13(17)15(18-2)20-14(19-11)10-8-9(16)6-7-12(10)21-3/h6-8H,4-5H2,1-3H3,(H,18,19,20). The van der Waals surface area contributed by atoms with Crippen molar-refractivity contribution in [3.63, 3.8) is 0 Å². The monoisotopic (exact) mass is 413 g/mol. The van der Waals surface area contributed by atoms with E-state index in [0.717, 1.165) is 44.6 Å². The number of benzene rings is 1. The third-order valence-corrected chi connectivity index (χ3v) is 4.37. The van der Waals surface area contributed by atoms with Crippen LogP contribution < -0.4 is 10.1 Å². The molecule has 0 saturated carbocycles. The maximum Gasteiger partial charge on any atom is 0.165 e. The molecule has 0 atom stereocenters. The molecule has 0 unspecified atom stereocenters. The Labute approximate surface area is 141 Å². The van der Waals surface area contributed by atoms with Crippen LogP contribution in [0.4, 0.5) is 5.82 Å². The number of nitrogens with one attached hydrogen (secondary N) is 1. The van der Waals surface area contributed by atoms with E-state index in [-0.39, 0.29) is 0 Å². The van der Waals surface area contributed by atoms with Crippen molar-refractivity contribution in [2.75, 3.05) is 19.5 Å². The van der Waals surface area contributed by atoms with Gasteiger partial charge in [-0.15, -0.1) is 0 Å². The molecule has 0 spiro atoms. The lowest BCUT2D eigenvalue weighted by molar-refractivity contribution is 0.416. The quantitative estimate of drug-likeness (QED) is 0.771. The summed E-state index contributed by atoms with van der Waals surface area (Å²) in [6.07, 6.45) is 1.91. The number of hydrogen-bond acceptors (Lipinski definition) is 4. The van der Waals surface area contributed by atoms with Gasteiger partial charge in [0.25, 0.3) is 0 Å². The first-order chi connectivity index (χ1) is 10.1. The first-order valence-electron chi connectivity index (χ1n) is 6.68. The molecule has 0 aliphatic heterocycles. The van der Waals surface area contributed by atoms with Gasteiger partial charge in [-0.25, -0.2) is 9.97 Å². The van der Waals surface area contributed by atoms with E-state index in [0.29, 0.717) is 5.82 Å². The second kappa shape index (κ2) is 7.22. The van der Waals surface area contributed by atoms with Crippen molar-refractivity contribution in [1.29, 1.82) is 0 Å². The lowest BCUT2D eigenvalue weighted by Crippen LogP contribution is -2.04. The zero-order valence-corrected chi connectivity index (χ0v) is 15.4. The number of methoxy groups -OCH3 is 1. The van der Waals surface area contributed by atoms with Gasteiger partial charge in [0, 0.05) is 11.5 Å². The Morgan fingerprint density at radius 1 is 1.24 bits per heavy atom. The third kappa shape index (κ3) is 3.55. The minimum absolute atomic E-state index is 0.657. The molecule has 6 heteroatoms. The highest BCUT2D eigenvalue weighted by atomic mass is 79.9. The van der Waals surface area contributed by atoms with Gasteiger partial charge in [-0.3, -0.25) is 0 Å². The summed E-state index contributed by atoms with van der Waals surface area (Å²) in [5.41, 5.74) is 1.86. The second-order valence-electron chi connectivity index (χ2n) is 4.50. The highest BCUT2D eigenvalue weighted by Crippen LogP contribution is 2.33. The molecule has 0 radical (unpaired) electrons. The van der Waals surface area contributed by atoms with Gasteiger partial charge in [-0.1, -0.05) is 29.3 Å². The number of aromatic nitrogens is 2. The molecule has 112 valence electrons. The largest absolute Gasteiger partial charge is 0.496 e. The average Bonchev–Trinajstić information content (AvgIpc) is 2.49. The lowest BCUT2D eigenvalue weighted by Gasteiger charge is -2.13. The molecule has 2 aromatic rings. The first-order valence-corrected chi connectivity index (χ1v) is 8.27. The Balaban J connectivity index is 2.63. The number of nitrogens with zero attached hydrogens (tertiary/aromatic N) is 2. The summed E-state index contributed by atoms with van der Waals surface area (Å²) in [5, 5.41) is 3.11. The van der Waals surface area contributed by atoms with Crippen molar-refractivity contribution in [2.24, 2.45) is 0 Å². The highest BCUT2D eigenvalue weighted by Gasteiger charge is 2.15. The Kier molecular flexibility index (Phi) is 5.58. The van der Waals surface area contributed by atoms with E-state index in [9.17, 15) is 0 Å². The van der Waals surface area contributed by atoms with Crippen LogP contribution >= 0.6 is 31.9 Å². The molecule has 0 aliphatic carbocycles. The van der Waals surface area contributed by atoms with Crippen molar-refractivity contribution in [1.82, 2.24) is 9.97 Å². The van der Waals surface area contributed by atoms with Crippen molar-refractivity contribution in [3.05, 3.63) is 32.8 Å². The van der Waals surface area contributed by atoms with Gasteiger partial charge >= 0.3 is 0 Å². The van der Waals surface area contributed by atoms with Crippen molar-refractivity contribution >= 4 is 37.7 Å². The maximum atomic E-state index is 5.43. The summed E-state index contributed by atoms with van der Waals surface area (Å²) in [4.78, 5) is 9.28. The van der Waals surface area contributed by atoms with E-state index in [1.54, 1.807) is 7.11 Å². The van der Waals surface area contributed by atoms with E-state index >= 15 is 0 Å². The third-order valence-electron chi connectivity index (χ3n) is 3.05. The van der Waals surface area contributed by atoms with Gasteiger partial charge in [0.2, 0.25) is 0 Å². The van der Waals surface area contributed by atoms with Gasteiger partial charge in [0.1, 0.15) is 11.6 Å². The Morgan fingerprint density at radius 2 is 2.00 bits per heavy atom. The van der Waals surface area contributed by atoms with Crippen LogP contribution in [0.5, 0.6) is 5.75 Å². The van der Waals surface area contributed by atoms with Crippen LogP contribution in [0.1, 0.15) is 19.0 Å². The fraction of sp³-hybridized carbons (Fsp3) is 0.333. The molecule has 0 fully saturated rings. The first kappa shape index (κ1) is 16.2. The van der Waals surface area contributed by atoms with Gasteiger partial charge in [0.15, 0.2) is 5.82 Å². The second-order valence-corrected chi connectivity index (χ2v) is 6.21. The molecule has 2 rings (SSSR count). The molecule has 1 aromatic carbocycles. The van der Waals surface area contributed by atoms with Crippen LogP contribution in [0.2, 0.25) is 0 Å². The molecule has 1 heterocycles. The van der Waals surface area contributed by atoms with E-state index in [4.69, 9.17) is 9.72 Å². The normalized spacial score (nSPS) is 10.5. The summed E-state index contributed by atoms with van der Waals surface area (Å²) in [6, 6.07) is 5.81. The van der Waals surface area contributed by atoms with Gasteiger partial charge in [0.05, 0.1) is 22.8 Å². The predicted octanol–water partition coefficient (Wildman–Crippen LogP) is 4.67. The average molecular weight is 415 g/mol. The molecule has 0 saturated heterocycles. The molecule has 0 aliphatic rings. The number of rotatable bonds is 5. The fourth-order valence-corrected chi connectivity index (χ4v) is 2.97. The van der Waals surface area contributed by atoms with E-state index < -0.39 is 0 Å². The smallest absolute Gasteiger partial charge is 0.165 e. The van der Waals surface area contributed by atoms with Crippen LogP contribution in [-0.2, 0) is 6.42 Å². The summed E-state index contributed by atoms with van der Waals surface area (Å²) in [7, 11) is 3.50. The van der Waals surface area contributed by atoms with Crippen molar-refractivity contribution in [3.8, 4) is 17.1 Å². The lowest BCUT2D eigenvalue weighted by atomic mass is 10.1. The number of halogens is 2. The topological polar surface area (TPSA) is 47.0 Å². The summed E-state index contributed by atoms with van der Waals surface area (Å²) in [5.74, 6) is 2.19. The van der Waals surface area contributed by atoms with Crippen molar-refractivity contribution < 1.29 is 4.74 Å². The number of anilines is 1. The number of aryl methyl sites for hydroxylation is 1. The molecular formula is C15H17Br2N3O. The SMILES string of the molecule is CCCc1nc(-c2cc(Br)ccc2OC)nc(NC)c1Br. The zero-order chi connectivity index (χ0) is 15.4. The van der Waals surface area contributed by atoms with E-state index in [1.807, 2.05) is 25.2 Å². The van der Waals surface area contributed by atoms with Crippen molar-refractivity contribution in [2.45, 2.75) is 19.8 Å².